The average molecular weight is 294 g/mol. The molecule has 3 heteroatoms. The molecule has 0 atom stereocenters. The number of rotatable bonds is 3. The minimum absolute atomic E-state index is 0.762. The highest BCUT2D eigenvalue weighted by Crippen LogP contribution is 2.31. The lowest BCUT2D eigenvalue weighted by atomic mass is 9.97. The molecule has 0 radical (unpaired) electrons. The quantitative estimate of drug-likeness (QED) is 0.840. The van der Waals surface area contributed by atoms with Gasteiger partial charge in [0.15, 0.2) is 0 Å². The van der Waals surface area contributed by atoms with E-state index in [1.807, 2.05) is 26.1 Å². The van der Waals surface area contributed by atoms with Crippen molar-refractivity contribution in [2.24, 2.45) is 0 Å². The first-order valence-electron chi connectivity index (χ1n) is 6.23. The third-order valence-corrected chi connectivity index (χ3v) is 4.01. The fourth-order valence-corrected chi connectivity index (χ4v) is 2.56. The van der Waals surface area contributed by atoms with Crippen LogP contribution in [0.3, 0.4) is 0 Å². The van der Waals surface area contributed by atoms with Crippen molar-refractivity contribution in [3.05, 3.63) is 57.1 Å². The van der Waals surface area contributed by atoms with Crippen LogP contribution in [0.5, 0.6) is 0 Å². The van der Waals surface area contributed by atoms with Crippen molar-refractivity contribution in [2.75, 3.05) is 7.05 Å². The van der Waals surface area contributed by atoms with E-state index in [2.05, 4.69) is 30.4 Å². The summed E-state index contributed by atoms with van der Waals surface area (Å²) in [4.78, 5) is 0. The standard InChI is InChI=1S/C16H17Cl2N/c1-10-7-16(18)11(2)6-14(10)12-4-5-15(17)13(8-12)9-19-3/h4-8,19H,9H2,1-3H3. The Morgan fingerprint density at radius 1 is 0.947 bits per heavy atom. The molecular formula is C16H17Cl2N. The van der Waals surface area contributed by atoms with Crippen molar-refractivity contribution in [3.63, 3.8) is 0 Å². The van der Waals surface area contributed by atoms with E-state index in [9.17, 15) is 0 Å². The molecule has 0 amide bonds. The van der Waals surface area contributed by atoms with Crippen LogP contribution in [0.1, 0.15) is 16.7 Å². The van der Waals surface area contributed by atoms with Gasteiger partial charge < -0.3 is 5.32 Å². The number of hydrogen-bond acceptors (Lipinski definition) is 1. The van der Waals surface area contributed by atoms with E-state index < -0.39 is 0 Å². The molecule has 0 spiro atoms. The van der Waals surface area contributed by atoms with Crippen LogP contribution < -0.4 is 5.32 Å². The molecule has 1 N–H and O–H groups in total. The Hall–Kier alpha value is -1.02. The van der Waals surface area contributed by atoms with Crippen molar-refractivity contribution >= 4 is 23.2 Å². The molecule has 0 fully saturated rings. The van der Waals surface area contributed by atoms with Gasteiger partial charge in [0.1, 0.15) is 0 Å². The lowest BCUT2D eigenvalue weighted by Crippen LogP contribution is -2.05. The Morgan fingerprint density at radius 2 is 1.68 bits per heavy atom. The minimum atomic E-state index is 0.762. The Labute approximate surface area is 124 Å². The highest BCUT2D eigenvalue weighted by atomic mass is 35.5. The van der Waals surface area contributed by atoms with E-state index in [1.165, 1.54) is 16.7 Å². The normalized spacial score (nSPS) is 10.8. The fourth-order valence-electron chi connectivity index (χ4n) is 2.16. The molecule has 0 aromatic heterocycles. The predicted molar refractivity (Wildman–Crippen MR) is 84.1 cm³/mol. The number of halogens is 2. The van der Waals surface area contributed by atoms with Gasteiger partial charge >= 0.3 is 0 Å². The van der Waals surface area contributed by atoms with E-state index in [0.29, 0.717) is 0 Å². The van der Waals surface area contributed by atoms with Crippen LogP contribution in [0.15, 0.2) is 30.3 Å². The summed E-state index contributed by atoms with van der Waals surface area (Å²) < 4.78 is 0. The highest BCUT2D eigenvalue weighted by Gasteiger charge is 2.08. The van der Waals surface area contributed by atoms with Gasteiger partial charge in [-0.1, -0.05) is 29.3 Å². The predicted octanol–water partition coefficient (Wildman–Crippen LogP) is 5.00. The molecule has 0 aliphatic carbocycles. The van der Waals surface area contributed by atoms with Gasteiger partial charge in [0.25, 0.3) is 0 Å². The average Bonchev–Trinajstić information content (AvgIpc) is 2.37. The SMILES string of the molecule is CNCc1cc(-c2cc(C)c(Cl)cc2C)ccc1Cl. The number of nitrogens with one attached hydrogen (secondary N) is 1. The van der Waals surface area contributed by atoms with E-state index in [-0.39, 0.29) is 0 Å². The van der Waals surface area contributed by atoms with Gasteiger partial charge in [0.2, 0.25) is 0 Å². The summed E-state index contributed by atoms with van der Waals surface area (Å²) in [5.41, 5.74) is 5.75. The van der Waals surface area contributed by atoms with Crippen LogP contribution >= 0.6 is 23.2 Å². The van der Waals surface area contributed by atoms with E-state index in [1.54, 1.807) is 0 Å². The molecule has 0 saturated carbocycles. The molecule has 0 saturated heterocycles. The second-order valence-electron chi connectivity index (χ2n) is 4.75. The van der Waals surface area contributed by atoms with Crippen LogP contribution in [0.2, 0.25) is 10.0 Å². The Bertz CT molecular complexity index is 606. The van der Waals surface area contributed by atoms with Gasteiger partial charge in [-0.25, -0.2) is 0 Å². The number of hydrogen-bond donors (Lipinski definition) is 1. The first-order chi connectivity index (χ1) is 9.02. The molecule has 1 nitrogen and oxygen atoms in total. The maximum atomic E-state index is 6.20. The molecule has 0 heterocycles. The molecule has 100 valence electrons. The summed E-state index contributed by atoms with van der Waals surface area (Å²) in [7, 11) is 1.92. The van der Waals surface area contributed by atoms with Crippen molar-refractivity contribution in [3.8, 4) is 11.1 Å². The monoisotopic (exact) mass is 293 g/mol. The summed E-state index contributed by atoms with van der Waals surface area (Å²) in [6.07, 6.45) is 0. The smallest absolute Gasteiger partial charge is 0.0451 e. The zero-order valence-electron chi connectivity index (χ0n) is 11.3. The van der Waals surface area contributed by atoms with Gasteiger partial charge in [-0.15, -0.1) is 0 Å². The lowest BCUT2D eigenvalue weighted by Gasteiger charge is -2.12. The van der Waals surface area contributed by atoms with E-state index in [0.717, 1.165) is 27.7 Å². The zero-order valence-corrected chi connectivity index (χ0v) is 12.9. The second kappa shape index (κ2) is 5.96. The third kappa shape index (κ3) is 3.11. The number of aryl methyl sites for hydroxylation is 2. The molecule has 2 aromatic rings. The van der Waals surface area contributed by atoms with Gasteiger partial charge in [0, 0.05) is 16.6 Å². The Kier molecular flexibility index (Phi) is 4.51. The molecule has 0 bridgehead atoms. The van der Waals surface area contributed by atoms with Crippen molar-refractivity contribution in [1.29, 1.82) is 0 Å². The Balaban J connectivity index is 2.53. The molecule has 0 unspecified atom stereocenters. The van der Waals surface area contributed by atoms with Gasteiger partial charge in [0.05, 0.1) is 0 Å². The van der Waals surface area contributed by atoms with Crippen LogP contribution in [0.25, 0.3) is 11.1 Å². The summed E-state index contributed by atoms with van der Waals surface area (Å²) in [5.74, 6) is 0. The summed E-state index contributed by atoms with van der Waals surface area (Å²) in [6.45, 7) is 4.86. The molecular weight excluding hydrogens is 277 g/mol. The van der Waals surface area contributed by atoms with Crippen LogP contribution in [-0.2, 0) is 6.54 Å². The third-order valence-electron chi connectivity index (χ3n) is 3.23. The van der Waals surface area contributed by atoms with Gasteiger partial charge in [-0.05, 0) is 73.0 Å². The minimum Gasteiger partial charge on any atom is -0.316 e. The van der Waals surface area contributed by atoms with Crippen LogP contribution in [0.4, 0.5) is 0 Å². The van der Waals surface area contributed by atoms with Crippen molar-refractivity contribution in [2.45, 2.75) is 20.4 Å². The van der Waals surface area contributed by atoms with Crippen molar-refractivity contribution in [1.82, 2.24) is 5.32 Å². The maximum absolute atomic E-state index is 6.20. The topological polar surface area (TPSA) is 12.0 Å². The number of benzene rings is 2. The molecule has 19 heavy (non-hydrogen) atoms. The zero-order chi connectivity index (χ0) is 14.0. The summed E-state index contributed by atoms with van der Waals surface area (Å²) in [5, 5.41) is 4.74. The summed E-state index contributed by atoms with van der Waals surface area (Å²) >= 11 is 12.3. The molecule has 0 aliphatic heterocycles. The summed E-state index contributed by atoms with van der Waals surface area (Å²) in [6, 6.07) is 10.3. The van der Waals surface area contributed by atoms with Crippen molar-refractivity contribution < 1.29 is 0 Å². The fraction of sp³-hybridized carbons (Fsp3) is 0.250. The van der Waals surface area contributed by atoms with Crippen LogP contribution in [-0.4, -0.2) is 7.05 Å². The van der Waals surface area contributed by atoms with Gasteiger partial charge in [-0.2, -0.15) is 0 Å². The van der Waals surface area contributed by atoms with Gasteiger partial charge in [-0.3, -0.25) is 0 Å². The first-order valence-corrected chi connectivity index (χ1v) is 6.98. The molecule has 0 aliphatic rings. The largest absolute Gasteiger partial charge is 0.316 e. The highest BCUT2D eigenvalue weighted by molar-refractivity contribution is 6.32. The van der Waals surface area contributed by atoms with Crippen LogP contribution in [0, 0.1) is 13.8 Å². The van der Waals surface area contributed by atoms with E-state index >= 15 is 0 Å². The lowest BCUT2D eigenvalue weighted by molar-refractivity contribution is 0.818. The molecule has 2 rings (SSSR count). The second-order valence-corrected chi connectivity index (χ2v) is 5.57. The first kappa shape index (κ1) is 14.4. The Morgan fingerprint density at radius 3 is 2.37 bits per heavy atom. The maximum Gasteiger partial charge on any atom is 0.0451 e. The van der Waals surface area contributed by atoms with E-state index in [4.69, 9.17) is 23.2 Å². The molecule has 2 aromatic carbocycles.